The Morgan fingerprint density at radius 2 is 1.50 bits per heavy atom. The van der Waals surface area contributed by atoms with E-state index in [1.54, 1.807) is 0 Å². The molecule has 0 aliphatic carbocycles. The van der Waals surface area contributed by atoms with Gasteiger partial charge in [-0.25, -0.2) is 0 Å². The highest BCUT2D eigenvalue weighted by Crippen LogP contribution is 2.38. The van der Waals surface area contributed by atoms with Gasteiger partial charge in [0.25, 0.3) is 0 Å². The summed E-state index contributed by atoms with van der Waals surface area (Å²) < 4.78 is 0. The van der Waals surface area contributed by atoms with Gasteiger partial charge in [-0.1, -0.05) is 80.6 Å². The quantitative estimate of drug-likeness (QED) is 0.677. The number of benzene rings is 3. The Balaban J connectivity index is 1.90. The lowest BCUT2D eigenvalue weighted by molar-refractivity contribution is 0.424. The molecule has 3 rings (SSSR count). The first kappa shape index (κ1) is 14.6. The van der Waals surface area contributed by atoms with E-state index in [-0.39, 0.29) is 5.41 Å². The third-order valence-corrected chi connectivity index (χ3v) is 4.51. The lowest BCUT2D eigenvalue weighted by Gasteiger charge is -2.27. The van der Waals surface area contributed by atoms with Crippen LogP contribution in [0.1, 0.15) is 31.4 Å². The van der Waals surface area contributed by atoms with E-state index in [1.165, 1.54) is 5.56 Å². The molecule has 1 heteroatoms. The molecule has 0 saturated carbocycles. The van der Waals surface area contributed by atoms with Crippen molar-refractivity contribution in [2.45, 2.75) is 32.1 Å². The number of hydrogen-bond acceptors (Lipinski definition) is 1. The lowest BCUT2D eigenvalue weighted by atomic mass is 9.78. The number of aromatic hydroxyl groups is 1. The Bertz CT molecular complexity index is 772. The van der Waals surface area contributed by atoms with Crippen molar-refractivity contribution in [3.8, 4) is 5.75 Å². The Kier molecular flexibility index (Phi) is 3.89. The van der Waals surface area contributed by atoms with E-state index in [1.807, 2.05) is 30.3 Å². The van der Waals surface area contributed by atoms with Crippen molar-refractivity contribution in [1.82, 2.24) is 0 Å². The normalized spacial score (nSPS) is 11.7. The van der Waals surface area contributed by atoms with Crippen LogP contribution in [0.3, 0.4) is 0 Å². The van der Waals surface area contributed by atoms with Gasteiger partial charge in [0.2, 0.25) is 0 Å². The summed E-state index contributed by atoms with van der Waals surface area (Å²) in [6, 6.07) is 22.7. The molecule has 0 aliphatic heterocycles. The smallest absolute Gasteiger partial charge is 0.127 e. The molecule has 3 aromatic rings. The van der Waals surface area contributed by atoms with Crippen molar-refractivity contribution in [3.63, 3.8) is 0 Å². The van der Waals surface area contributed by atoms with Gasteiger partial charge in [0, 0.05) is 10.9 Å². The largest absolute Gasteiger partial charge is 0.507 e. The Labute approximate surface area is 132 Å². The third kappa shape index (κ3) is 2.85. The van der Waals surface area contributed by atoms with Crippen molar-refractivity contribution < 1.29 is 5.11 Å². The lowest BCUT2D eigenvalue weighted by Crippen LogP contribution is -2.18. The van der Waals surface area contributed by atoms with E-state index in [0.29, 0.717) is 5.75 Å². The van der Waals surface area contributed by atoms with Gasteiger partial charge < -0.3 is 5.11 Å². The van der Waals surface area contributed by atoms with Crippen LogP contribution >= 0.6 is 0 Å². The van der Waals surface area contributed by atoms with Gasteiger partial charge in [-0.05, 0) is 29.2 Å². The van der Waals surface area contributed by atoms with E-state index in [4.69, 9.17) is 0 Å². The second-order valence-corrected chi connectivity index (χ2v) is 6.55. The highest BCUT2D eigenvalue weighted by molar-refractivity contribution is 5.89. The highest BCUT2D eigenvalue weighted by atomic mass is 16.3. The van der Waals surface area contributed by atoms with Crippen LogP contribution in [0, 0.1) is 0 Å². The Hall–Kier alpha value is -2.28. The molecule has 112 valence electrons. The van der Waals surface area contributed by atoms with Crippen LogP contribution in [-0.2, 0) is 11.8 Å². The number of hydrogen-bond donors (Lipinski definition) is 1. The first-order valence-electron chi connectivity index (χ1n) is 7.83. The number of rotatable bonds is 4. The molecular formula is C21H22O. The van der Waals surface area contributed by atoms with E-state index in [0.717, 1.165) is 29.2 Å². The van der Waals surface area contributed by atoms with E-state index in [2.05, 4.69) is 50.2 Å². The van der Waals surface area contributed by atoms with Gasteiger partial charge in [-0.15, -0.1) is 0 Å². The Morgan fingerprint density at radius 1 is 0.818 bits per heavy atom. The number of fused-ring (bicyclic) bond motifs is 1. The van der Waals surface area contributed by atoms with Crippen molar-refractivity contribution in [2.24, 2.45) is 0 Å². The van der Waals surface area contributed by atoms with Crippen LogP contribution in [0.2, 0.25) is 0 Å². The molecule has 22 heavy (non-hydrogen) atoms. The summed E-state index contributed by atoms with van der Waals surface area (Å²) in [5.41, 5.74) is 2.31. The molecule has 0 atom stereocenters. The minimum Gasteiger partial charge on any atom is -0.507 e. The van der Waals surface area contributed by atoms with Crippen LogP contribution in [0.25, 0.3) is 10.8 Å². The van der Waals surface area contributed by atoms with Gasteiger partial charge in [0.1, 0.15) is 5.75 Å². The second kappa shape index (κ2) is 5.84. The van der Waals surface area contributed by atoms with Crippen molar-refractivity contribution in [3.05, 3.63) is 77.9 Å². The first-order valence-corrected chi connectivity index (χ1v) is 7.83. The zero-order chi connectivity index (χ0) is 15.6. The molecule has 0 aromatic heterocycles. The van der Waals surface area contributed by atoms with Crippen molar-refractivity contribution in [2.75, 3.05) is 0 Å². The van der Waals surface area contributed by atoms with Gasteiger partial charge >= 0.3 is 0 Å². The molecular weight excluding hydrogens is 268 g/mol. The van der Waals surface area contributed by atoms with Crippen LogP contribution < -0.4 is 0 Å². The Morgan fingerprint density at radius 3 is 2.27 bits per heavy atom. The molecule has 3 aromatic carbocycles. The zero-order valence-electron chi connectivity index (χ0n) is 13.2. The molecule has 0 spiro atoms. The molecule has 0 heterocycles. The predicted octanol–water partition coefficient (Wildman–Crippen LogP) is 5.46. The zero-order valence-corrected chi connectivity index (χ0v) is 13.2. The monoisotopic (exact) mass is 290 g/mol. The highest BCUT2D eigenvalue weighted by Gasteiger charge is 2.24. The van der Waals surface area contributed by atoms with Crippen LogP contribution in [0.4, 0.5) is 0 Å². The second-order valence-electron chi connectivity index (χ2n) is 6.55. The summed E-state index contributed by atoms with van der Waals surface area (Å²) in [6.07, 6.45) is 2.02. The summed E-state index contributed by atoms with van der Waals surface area (Å²) >= 11 is 0. The van der Waals surface area contributed by atoms with Gasteiger partial charge in [-0.3, -0.25) is 0 Å². The average molecular weight is 290 g/mol. The van der Waals surface area contributed by atoms with E-state index < -0.39 is 0 Å². The van der Waals surface area contributed by atoms with E-state index >= 15 is 0 Å². The first-order chi connectivity index (χ1) is 10.6. The standard InChI is InChI=1S/C21H22O/c1-21(2,15-14-16-8-4-3-5-9-16)19-13-12-17-10-6-7-11-18(17)20(19)22/h3-13,22H,14-15H2,1-2H3. The van der Waals surface area contributed by atoms with Crippen molar-refractivity contribution >= 4 is 10.8 Å². The van der Waals surface area contributed by atoms with Gasteiger partial charge in [0.05, 0.1) is 0 Å². The summed E-state index contributed by atoms with van der Waals surface area (Å²) in [4.78, 5) is 0. The number of phenolic OH excluding ortho intramolecular Hbond substituents is 1. The summed E-state index contributed by atoms with van der Waals surface area (Å²) in [5, 5.41) is 12.7. The fraction of sp³-hybridized carbons (Fsp3) is 0.238. The SMILES string of the molecule is CC(C)(CCc1ccccc1)c1ccc2ccccc2c1O. The average Bonchev–Trinajstić information content (AvgIpc) is 2.54. The molecule has 0 bridgehead atoms. The van der Waals surface area contributed by atoms with E-state index in [9.17, 15) is 5.11 Å². The maximum absolute atomic E-state index is 10.7. The van der Waals surface area contributed by atoms with Gasteiger partial charge in [0.15, 0.2) is 0 Å². The molecule has 0 fully saturated rings. The summed E-state index contributed by atoms with van der Waals surface area (Å²) in [5.74, 6) is 0.427. The fourth-order valence-corrected chi connectivity index (χ4v) is 3.04. The molecule has 1 N–H and O–H groups in total. The van der Waals surface area contributed by atoms with Crippen LogP contribution in [0.15, 0.2) is 66.7 Å². The number of aryl methyl sites for hydroxylation is 1. The third-order valence-electron chi connectivity index (χ3n) is 4.51. The predicted molar refractivity (Wildman–Crippen MR) is 93.4 cm³/mol. The molecule has 0 saturated heterocycles. The summed E-state index contributed by atoms with van der Waals surface area (Å²) in [6.45, 7) is 4.42. The topological polar surface area (TPSA) is 20.2 Å². The van der Waals surface area contributed by atoms with Crippen LogP contribution in [-0.4, -0.2) is 5.11 Å². The molecule has 0 amide bonds. The van der Waals surface area contributed by atoms with Crippen molar-refractivity contribution in [1.29, 1.82) is 0 Å². The molecule has 0 radical (unpaired) electrons. The number of phenols is 1. The minimum atomic E-state index is -0.0655. The maximum atomic E-state index is 10.7. The van der Waals surface area contributed by atoms with Crippen LogP contribution in [0.5, 0.6) is 5.75 Å². The maximum Gasteiger partial charge on any atom is 0.127 e. The minimum absolute atomic E-state index is 0.0655. The molecule has 0 aliphatic rings. The fourth-order valence-electron chi connectivity index (χ4n) is 3.04. The molecule has 0 unspecified atom stereocenters. The summed E-state index contributed by atoms with van der Waals surface area (Å²) in [7, 11) is 0. The molecule has 1 nitrogen and oxygen atoms in total. The van der Waals surface area contributed by atoms with Gasteiger partial charge in [-0.2, -0.15) is 0 Å².